The summed E-state index contributed by atoms with van der Waals surface area (Å²) in [5.41, 5.74) is 9.40. The highest BCUT2D eigenvalue weighted by atomic mass is 16.5. The van der Waals surface area contributed by atoms with Crippen LogP contribution >= 0.6 is 0 Å². The third-order valence-electron chi connectivity index (χ3n) is 3.91. The third kappa shape index (κ3) is 2.33. The van der Waals surface area contributed by atoms with Crippen LogP contribution < -0.4 is 10.5 Å². The molecule has 0 radical (unpaired) electrons. The number of benzene rings is 2. The summed E-state index contributed by atoms with van der Waals surface area (Å²) >= 11 is 0. The number of nitrogens with one attached hydrogen (secondary N) is 1. The van der Waals surface area contributed by atoms with Gasteiger partial charge in [-0.2, -0.15) is 0 Å². The molecule has 2 aromatic carbocycles. The predicted molar refractivity (Wildman–Crippen MR) is 85.6 cm³/mol. The van der Waals surface area contributed by atoms with E-state index in [1.807, 2.05) is 42.5 Å². The summed E-state index contributed by atoms with van der Waals surface area (Å²) in [7, 11) is 1.66. The van der Waals surface area contributed by atoms with E-state index in [1.54, 1.807) is 7.11 Å². The van der Waals surface area contributed by atoms with E-state index in [4.69, 9.17) is 15.5 Å². The third-order valence-corrected chi connectivity index (χ3v) is 3.91. The molecule has 0 fully saturated rings. The van der Waals surface area contributed by atoms with E-state index in [0.717, 1.165) is 28.3 Å². The lowest BCUT2D eigenvalue weighted by molar-refractivity contribution is 0.415. The van der Waals surface area contributed by atoms with Crippen LogP contribution in [0.3, 0.4) is 0 Å². The van der Waals surface area contributed by atoms with Crippen LogP contribution in [0.15, 0.2) is 42.5 Å². The highest BCUT2D eigenvalue weighted by Gasteiger charge is 2.26. The van der Waals surface area contributed by atoms with Crippen LogP contribution in [0.5, 0.6) is 5.75 Å². The first-order valence-electron chi connectivity index (χ1n) is 6.91. The maximum Gasteiger partial charge on any atom is 0.121 e. The van der Waals surface area contributed by atoms with Gasteiger partial charge >= 0.3 is 0 Å². The summed E-state index contributed by atoms with van der Waals surface area (Å²) in [6.45, 7) is 4.29. The normalized spacial score (nSPS) is 11.8. The van der Waals surface area contributed by atoms with Gasteiger partial charge in [-0.3, -0.25) is 0 Å². The van der Waals surface area contributed by atoms with Gasteiger partial charge in [-0.05, 0) is 43.7 Å². The molecule has 0 amide bonds. The summed E-state index contributed by atoms with van der Waals surface area (Å²) in [4.78, 5) is 8.12. The molecule has 4 nitrogen and oxygen atoms in total. The van der Waals surface area contributed by atoms with E-state index in [-0.39, 0.29) is 5.41 Å². The lowest BCUT2D eigenvalue weighted by atomic mass is 9.84. The van der Waals surface area contributed by atoms with Gasteiger partial charge in [0.05, 0.1) is 18.1 Å². The zero-order chi connectivity index (χ0) is 15.0. The number of hydrogen-bond acceptors (Lipinski definition) is 3. The largest absolute Gasteiger partial charge is 0.497 e. The molecule has 4 heteroatoms. The molecule has 3 aromatic rings. The first-order valence-corrected chi connectivity index (χ1v) is 6.91. The van der Waals surface area contributed by atoms with Crippen LogP contribution in [0.25, 0.3) is 11.0 Å². The standard InChI is InChI=1S/C17H19N3O/c1-17(2,11-4-6-12(18)7-5-11)16-19-14-9-8-13(21-3)10-15(14)20-16/h4-10H,18H2,1-3H3,(H,19,20). The maximum absolute atomic E-state index is 5.76. The molecule has 1 heterocycles. The van der Waals surface area contributed by atoms with Gasteiger partial charge in [-0.25, -0.2) is 4.98 Å². The highest BCUT2D eigenvalue weighted by Crippen LogP contribution is 2.31. The lowest BCUT2D eigenvalue weighted by Crippen LogP contribution is -2.20. The number of aromatic amines is 1. The zero-order valence-electron chi connectivity index (χ0n) is 12.5. The molecule has 108 valence electrons. The van der Waals surface area contributed by atoms with Gasteiger partial charge < -0.3 is 15.5 Å². The van der Waals surface area contributed by atoms with Gasteiger partial charge in [0.15, 0.2) is 0 Å². The minimum absolute atomic E-state index is 0.222. The quantitative estimate of drug-likeness (QED) is 0.722. The fourth-order valence-corrected chi connectivity index (χ4v) is 2.45. The van der Waals surface area contributed by atoms with Gasteiger partial charge in [0, 0.05) is 17.2 Å². The molecule has 21 heavy (non-hydrogen) atoms. The number of rotatable bonds is 3. The smallest absolute Gasteiger partial charge is 0.121 e. The van der Waals surface area contributed by atoms with E-state index in [2.05, 4.69) is 18.8 Å². The van der Waals surface area contributed by atoms with Crippen molar-refractivity contribution in [2.45, 2.75) is 19.3 Å². The number of ether oxygens (including phenoxy) is 1. The van der Waals surface area contributed by atoms with Crippen LogP contribution in [0.4, 0.5) is 5.69 Å². The summed E-state index contributed by atoms with van der Waals surface area (Å²) in [5, 5.41) is 0. The molecular formula is C17H19N3O. The van der Waals surface area contributed by atoms with Crippen molar-refractivity contribution in [2.24, 2.45) is 0 Å². The summed E-state index contributed by atoms with van der Waals surface area (Å²) in [6.07, 6.45) is 0. The number of nitrogens with zero attached hydrogens (tertiary/aromatic N) is 1. The number of methoxy groups -OCH3 is 1. The summed E-state index contributed by atoms with van der Waals surface area (Å²) < 4.78 is 5.25. The Balaban J connectivity index is 2.07. The van der Waals surface area contributed by atoms with E-state index in [0.29, 0.717) is 0 Å². The molecule has 0 aliphatic rings. The molecule has 0 aliphatic heterocycles. The number of nitrogens with two attached hydrogens (primary N) is 1. The van der Waals surface area contributed by atoms with Gasteiger partial charge in [-0.1, -0.05) is 12.1 Å². The van der Waals surface area contributed by atoms with Crippen molar-refractivity contribution in [3.63, 3.8) is 0 Å². The van der Waals surface area contributed by atoms with Crippen molar-refractivity contribution in [1.29, 1.82) is 0 Å². The van der Waals surface area contributed by atoms with E-state index in [1.165, 1.54) is 5.56 Å². The first-order chi connectivity index (χ1) is 10.0. The number of nitrogen functional groups attached to an aromatic ring is 1. The molecule has 0 saturated heterocycles. The van der Waals surface area contributed by atoms with Crippen molar-refractivity contribution < 1.29 is 4.74 Å². The van der Waals surface area contributed by atoms with Gasteiger partial charge in [0.25, 0.3) is 0 Å². The lowest BCUT2D eigenvalue weighted by Gasteiger charge is -2.22. The Morgan fingerprint density at radius 1 is 1.10 bits per heavy atom. The predicted octanol–water partition coefficient (Wildman–Crippen LogP) is 3.48. The molecule has 0 saturated carbocycles. The summed E-state index contributed by atoms with van der Waals surface area (Å²) in [6, 6.07) is 13.8. The average Bonchev–Trinajstić information content (AvgIpc) is 2.91. The molecule has 3 rings (SSSR count). The second-order valence-corrected chi connectivity index (χ2v) is 5.72. The Kier molecular flexibility index (Phi) is 3.09. The second kappa shape index (κ2) is 4.81. The number of hydrogen-bond donors (Lipinski definition) is 2. The van der Waals surface area contributed by atoms with Crippen molar-refractivity contribution >= 4 is 16.7 Å². The first kappa shape index (κ1) is 13.5. The molecule has 0 unspecified atom stereocenters. The van der Waals surface area contributed by atoms with Crippen molar-refractivity contribution in [1.82, 2.24) is 9.97 Å². The Labute approximate surface area is 124 Å². The van der Waals surface area contributed by atoms with Crippen LogP contribution in [-0.4, -0.2) is 17.1 Å². The SMILES string of the molecule is COc1ccc2nc(C(C)(C)c3ccc(N)cc3)[nH]c2c1. The van der Waals surface area contributed by atoms with Crippen molar-refractivity contribution in [2.75, 3.05) is 12.8 Å². The second-order valence-electron chi connectivity index (χ2n) is 5.72. The molecular weight excluding hydrogens is 262 g/mol. The number of anilines is 1. The number of fused-ring (bicyclic) bond motifs is 1. The minimum Gasteiger partial charge on any atom is -0.497 e. The van der Waals surface area contributed by atoms with Gasteiger partial charge in [-0.15, -0.1) is 0 Å². The van der Waals surface area contributed by atoms with Crippen LogP contribution in [-0.2, 0) is 5.41 Å². The Bertz CT molecular complexity index is 772. The molecule has 0 spiro atoms. The molecule has 1 aromatic heterocycles. The van der Waals surface area contributed by atoms with Gasteiger partial charge in [0.1, 0.15) is 11.6 Å². The Morgan fingerprint density at radius 2 is 1.81 bits per heavy atom. The number of imidazole rings is 1. The fourth-order valence-electron chi connectivity index (χ4n) is 2.45. The fraction of sp³-hybridized carbons (Fsp3) is 0.235. The van der Waals surface area contributed by atoms with E-state index >= 15 is 0 Å². The van der Waals surface area contributed by atoms with Crippen LogP contribution in [0.1, 0.15) is 25.2 Å². The van der Waals surface area contributed by atoms with Crippen molar-refractivity contribution in [3.8, 4) is 5.75 Å². The number of aromatic nitrogens is 2. The topological polar surface area (TPSA) is 63.9 Å². The zero-order valence-corrected chi connectivity index (χ0v) is 12.5. The van der Waals surface area contributed by atoms with E-state index in [9.17, 15) is 0 Å². The van der Waals surface area contributed by atoms with Crippen LogP contribution in [0.2, 0.25) is 0 Å². The Morgan fingerprint density at radius 3 is 2.48 bits per heavy atom. The molecule has 3 N–H and O–H groups in total. The van der Waals surface area contributed by atoms with E-state index < -0.39 is 0 Å². The van der Waals surface area contributed by atoms with Crippen LogP contribution in [0, 0.1) is 0 Å². The Hall–Kier alpha value is -2.49. The molecule has 0 aliphatic carbocycles. The maximum atomic E-state index is 5.76. The van der Waals surface area contributed by atoms with Gasteiger partial charge in [0.2, 0.25) is 0 Å². The minimum atomic E-state index is -0.222. The average molecular weight is 281 g/mol. The molecule has 0 atom stereocenters. The monoisotopic (exact) mass is 281 g/mol. The summed E-state index contributed by atoms with van der Waals surface area (Å²) in [5.74, 6) is 1.75. The highest BCUT2D eigenvalue weighted by molar-refractivity contribution is 5.77. The van der Waals surface area contributed by atoms with Crippen molar-refractivity contribution in [3.05, 3.63) is 53.9 Å². The number of H-pyrrole nitrogens is 1. The molecule has 0 bridgehead atoms.